The van der Waals surface area contributed by atoms with Crippen LogP contribution in [0.25, 0.3) is 0 Å². The molecule has 0 amide bonds. The second kappa shape index (κ2) is 3.60. The van der Waals surface area contributed by atoms with Gasteiger partial charge in [-0.3, -0.25) is 0 Å². The molecule has 1 aromatic rings. The van der Waals surface area contributed by atoms with E-state index in [9.17, 15) is 4.39 Å². The lowest BCUT2D eigenvalue weighted by Gasteiger charge is -2.13. The van der Waals surface area contributed by atoms with Crippen LogP contribution >= 0.6 is 31.9 Å². The Labute approximate surface area is 100 Å². The molecule has 0 spiro atoms. The molecule has 1 fully saturated rings. The highest BCUT2D eigenvalue weighted by atomic mass is 79.9. The second-order valence-corrected chi connectivity index (χ2v) is 5.60. The first-order valence-electron chi connectivity index (χ1n) is 4.59. The zero-order chi connectivity index (χ0) is 10.3. The van der Waals surface area contributed by atoms with Crippen LogP contribution in [0.2, 0.25) is 0 Å². The van der Waals surface area contributed by atoms with Crippen molar-refractivity contribution >= 4 is 31.9 Å². The highest BCUT2D eigenvalue weighted by molar-refractivity contribution is 9.10. The van der Waals surface area contributed by atoms with Gasteiger partial charge >= 0.3 is 0 Å². The van der Waals surface area contributed by atoms with Gasteiger partial charge in [0.2, 0.25) is 0 Å². The van der Waals surface area contributed by atoms with Gasteiger partial charge in [0, 0.05) is 9.80 Å². The Morgan fingerprint density at radius 2 is 2.29 bits per heavy atom. The molecular weight excluding hydrogens is 311 g/mol. The molecule has 0 saturated heterocycles. The van der Waals surface area contributed by atoms with Gasteiger partial charge in [0.25, 0.3) is 0 Å². The predicted octanol–water partition coefficient (Wildman–Crippen LogP) is 4.26. The zero-order valence-corrected chi connectivity index (χ0v) is 11.0. The third-order valence-electron chi connectivity index (χ3n) is 3.14. The van der Waals surface area contributed by atoms with Crippen LogP contribution in [-0.2, 0) is 5.41 Å². The van der Waals surface area contributed by atoms with Crippen LogP contribution in [-0.4, -0.2) is 5.33 Å². The van der Waals surface area contributed by atoms with Gasteiger partial charge in [-0.1, -0.05) is 44.8 Å². The molecule has 0 N–H and O–H groups in total. The van der Waals surface area contributed by atoms with Gasteiger partial charge in [-0.25, -0.2) is 4.39 Å². The Morgan fingerprint density at radius 1 is 1.57 bits per heavy atom. The predicted molar refractivity (Wildman–Crippen MR) is 63.4 cm³/mol. The van der Waals surface area contributed by atoms with E-state index in [1.165, 1.54) is 18.1 Å². The molecule has 0 bridgehead atoms. The Morgan fingerprint density at radius 3 is 2.79 bits per heavy atom. The Balaban J connectivity index is 2.34. The quantitative estimate of drug-likeness (QED) is 0.714. The molecular formula is C11H11Br2F. The van der Waals surface area contributed by atoms with Crippen molar-refractivity contribution in [3.05, 3.63) is 34.1 Å². The first-order chi connectivity index (χ1) is 6.58. The van der Waals surface area contributed by atoms with Crippen molar-refractivity contribution < 1.29 is 4.39 Å². The van der Waals surface area contributed by atoms with Crippen molar-refractivity contribution in [3.63, 3.8) is 0 Å². The molecule has 1 saturated carbocycles. The van der Waals surface area contributed by atoms with Crippen LogP contribution < -0.4 is 0 Å². The molecule has 2 rings (SSSR count). The van der Waals surface area contributed by atoms with Crippen molar-refractivity contribution in [2.75, 3.05) is 5.33 Å². The minimum Gasteiger partial charge on any atom is -0.207 e. The molecule has 2 unspecified atom stereocenters. The molecule has 0 heterocycles. The summed E-state index contributed by atoms with van der Waals surface area (Å²) >= 11 is 6.92. The van der Waals surface area contributed by atoms with E-state index in [1.807, 2.05) is 6.07 Å². The topological polar surface area (TPSA) is 0 Å². The minimum atomic E-state index is -0.180. The van der Waals surface area contributed by atoms with Crippen LogP contribution in [0.15, 0.2) is 22.7 Å². The largest absolute Gasteiger partial charge is 0.207 e. The first-order valence-corrected chi connectivity index (χ1v) is 6.51. The van der Waals surface area contributed by atoms with Gasteiger partial charge in [-0.05, 0) is 35.4 Å². The maximum atomic E-state index is 12.9. The Bertz CT molecular complexity index is 364. The van der Waals surface area contributed by atoms with Crippen molar-refractivity contribution in [1.29, 1.82) is 0 Å². The number of halogens is 3. The van der Waals surface area contributed by atoms with Crippen LogP contribution in [0.1, 0.15) is 18.9 Å². The highest BCUT2D eigenvalue weighted by Gasteiger charge is 2.51. The van der Waals surface area contributed by atoms with E-state index in [0.717, 1.165) is 9.80 Å². The Kier molecular flexibility index (Phi) is 2.73. The Hall–Kier alpha value is 0.110. The van der Waals surface area contributed by atoms with Gasteiger partial charge in [0.1, 0.15) is 5.82 Å². The summed E-state index contributed by atoms with van der Waals surface area (Å²) in [4.78, 5) is 0. The summed E-state index contributed by atoms with van der Waals surface area (Å²) < 4.78 is 13.8. The number of hydrogen-bond donors (Lipinski definition) is 0. The van der Waals surface area contributed by atoms with E-state index in [2.05, 4.69) is 38.8 Å². The normalized spacial score (nSPS) is 30.4. The van der Waals surface area contributed by atoms with Crippen molar-refractivity contribution in [3.8, 4) is 0 Å². The van der Waals surface area contributed by atoms with Gasteiger partial charge in [-0.2, -0.15) is 0 Å². The van der Waals surface area contributed by atoms with E-state index in [-0.39, 0.29) is 11.2 Å². The summed E-state index contributed by atoms with van der Waals surface area (Å²) in [6, 6.07) is 4.97. The number of alkyl halides is 1. The van der Waals surface area contributed by atoms with Crippen molar-refractivity contribution in [2.45, 2.75) is 18.8 Å². The van der Waals surface area contributed by atoms with Gasteiger partial charge in [-0.15, -0.1) is 0 Å². The van der Waals surface area contributed by atoms with Crippen LogP contribution in [0, 0.1) is 11.7 Å². The molecule has 76 valence electrons. The van der Waals surface area contributed by atoms with Gasteiger partial charge < -0.3 is 0 Å². The summed E-state index contributed by atoms with van der Waals surface area (Å²) in [7, 11) is 0. The molecule has 1 aliphatic carbocycles. The third-order valence-corrected chi connectivity index (χ3v) is 4.58. The van der Waals surface area contributed by atoms with E-state index in [4.69, 9.17) is 0 Å². The third kappa shape index (κ3) is 1.65. The summed E-state index contributed by atoms with van der Waals surface area (Å²) in [5.41, 5.74) is 1.46. The fourth-order valence-corrected chi connectivity index (χ4v) is 3.71. The molecule has 0 aromatic heterocycles. The van der Waals surface area contributed by atoms with Gasteiger partial charge in [0.15, 0.2) is 0 Å². The van der Waals surface area contributed by atoms with Crippen LogP contribution in [0.4, 0.5) is 4.39 Å². The number of hydrogen-bond acceptors (Lipinski definition) is 0. The lowest BCUT2D eigenvalue weighted by atomic mass is 9.96. The van der Waals surface area contributed by atoms with E-state index >= 15 is 0 Å². The van der Waals surface area contributed by atoms with Crippen molar-refractivity contribution in [2.24, 2.45) is 5.92 Å². The molecule has 0 radical (unpaired) electrons. The van der Waals surface area contributed by atoms with Gasteiger partial charge in [0.05, 0.1) is 0 Å². The maximum absolute atomic E-state index is 12.9. The molecule has 0 nitrogen and oxygen atoms in total. The molecule has 14 heavy (non-hydrogen) atoms. The fraction of sp³-hybridized carbons (Fsp3) is 0.455. The summed E-state index contributed by atoms with van der Waals surface area (Å²) in [5, 5.41) is 1.02. The SMILES string of the molecule is CC1(c2ccc(F)cc2Br)CC1CBr. The monoisotopic (exact) mass is 320 g/mol. The number of rotatable bonds is 2. The van der Waals surface area contributed by atoms with Crippen molar-refractivity contribution in [1.82, 2.24) is 0 Å². The fourth-order valence-electron chi connectivity index (χ4n) is 1.96. The first kappa shape index (κ1) is 10.6. The summed E-state index contributed by atoms with van der Waals surface area (Å²) in [6.07, 6.45) is 1.18. The molecule has 1 aromatic carbocycles. The average Bonchev–Trinajstić information content (AvgIpc) is 2.77. The molecule has 1 aliphatic rings. The lowest BCUT2D eigenvalue weighted by molar-refractivity contribution is 0.622. The second-order valence-electron chi connectivity index (χ2n) is 4.10. The average molecular weight is 322 g/mol. The highest BCUT2D eigenvalue weighted by Crippen LogP contribution is 2.56. The lowest BCUT2D eigenvalue weighted by Crippen LogP contribution is -2.06. The molecule has 3 heteroatoms. The number of benzene rings is 1. The zero-order valence-electron chi connectivity index (χ0n) is 7.86. The maximum Gasteiger partial charge on any atom is 0.124 e. The molecule has 0 aliphatic heterocycles. The van der Waals surface area contributed by atoms with Crippen LogP contribution in [0.5, 0.6) is 0 Å². The van der Waals surface area contributed by atoms with Crippen LogP contribution in [0.3, 0.4) is 0 Å². The van der Waals surface area contributed by atoms with E-state index in [1.54, 1.807) is 6.07 Å². The molecule has 2 atom stereocenters. The standard InChI is InChI=1S/C11H11Br2F/c1-11(5-7(11)6-12)9-3-2-8(14)4-10(9)13/h2-4,7H,5-6H2,1H3. The summed E-state index contributed by atoms with van der Waals surface area (Å²) in [5.74, 6) is 0.504. The summed E-state index contributed by atoms with van der Waals surface area (Å²) in [6.45, 7) is 2.23. The minimum absolute atomic E-state index is 0.180. The smallest absolute Gasteiger partial charge is 0.124 e. The van der Waals surface area contributed by atoms with E-state index in [0.29, 0.717) is 5.92 Å². The van der Waals surface area contributed by atoms with E-state index < -0.39 is 0 Å².